The molecule has 2 aliphatic rings. The smallest absolute Gasteiger partial charge is 0.191 e. The first-order valence-corrected chi connectivity index (χ1v) is 9.16. The third-order valence-corrected chi connectivity index (χ3v) is 4.98. The number of guanidine groups is 1. The molecule has 0 radical (unpaired) electrons. The highest BCUT2D eigenvalue weighted by Gasteiger charge is 2.32. The first kappa shape index (κ1) is 18.0. The molecule has 1 saturated heterocycles. The summed E-state index contributed by atoms with van der Waals surface area (Å²) < 4.78 is 17.0. The van der Waals surface area contributed by atoms with Crippen LogP contribution in [0.2, 0.25) is 0 Å². The fourth-order valence-corrected chi connectivity index (χ4v) is 3.37. The highest BCUT2D eigenvalue weighted by Crippen LogP contribution is 2.31. The van der Waals surface area contributed by atoms with Gasteiger partial charge in [0.05, 0.1) is 24.8 Å². The van der Waals surface area contributed by atoms with Gasteiger partial charge in [-0.2, -0.15) is 0 Å². The minimum Gasteiger partial charge on any atom is -0.493 e. The molecular weight excluding hydrogens is 318 g/mol. The van der Waals surface area contributed by atoms with Gasteiger partial charge in [0, 0.05) is 51.7 Å². The highest BCUT2D eigenvalue weighted by molar-refractivity contribution is 5.80. The zero-order valence-electron chi connectivity index (χ0n) is 15.2. The van der Waals surface area contributed by atoms with Gasteiger partial charge >= 0.3 is 0 Å². The van der Waals surface area contributed by atoms with E-state index in [0.717, 1.165) is 50.7 Å². The number of nitrogens with one attached hydrogen (secondary N) is 2. The van der Waals surface area contributed by atoms with Crippen molar-refractivity contribution in [2.75, 3.05) is 40.0 Å². The molecule has 3 rings (SSSR count). The van der Waals surface area contributed by atoms with E-state index in [1.54, 1.807) is 7.11 Å². The van der Waals surface area contributed by atoms with Crippen molar-refractivity contribution in [2.45, 2.75) is 37.8 Å². The Bertz CT molecular complexity index is 585. The number of benzene rings is 1. The molecule has 0 aliphatic carbocycles. The van der Waals surface area contributed by atoms with Crippen LogP contribution >= 0.6 is 0 Å². The maximum Gasteiger partial charge on any atom is 0.191 e. The van der Waals surface area contributed by atoms with Crippen LogP contribution in [0.4, 0.5) is 0 Å². The fraction of sp³-hybridized carbons (Fsp3) is 0.632. The number of para-hydroxylation sites is 1. The highest BCUT2D eigenvalue weighted by atomic mass is 16.5. The number of hydrogen-bond acceptors (Lipinski definition) is 4. The van der Waals surface area contributed by atoms with Crippen molar-refractivity contribution < 1.29 is 14.2 Å². The topological polar surface area (TPSA) is 64.1 Å². The van der Waals surface area contributed by atoms with Crippen molar-refractivity contribution >= 4 is 5.96 Å². The second-order valence-corrected chi connectivity index (χ2v) is 6.57. The summed E-state index contributed by atoms with van der Waals surface area (Å²) in [6.07, 6.45) is 2.68. The van der Waals surface area contributed by atoms with Crippen LogP contribution in [0.3, 0.4) is 0 Å². The molecule has 6 nitrogen and oxygen atoms in total. The lowest BCUT2D eigenvalue weighted by Crippen LogP contribution is -2.45. The predicted molar refractivity (Wildman–Crippen MR) is 98.2 cm³/mol. The molecule has 2 N–H and O–H groups in total. The molecular formula is C19H29N3O3. The van der Waals surface area contributed by atoms with Crippen LogP contribution in [-0.4, -0.2) is 51.6 Å². The Hall–Kier alpha value is -1.79. The molecule has 138 valence electrons. The lowest BCUT2D eigenvalue weighted by Gasteiger charge is -2.35. The first-order chi connectivity index (χ1) is 12.3. The third-order valence-electron chi connectivity index (χ3n) is 4.98. The fourth-order valence-electron chi connectivity index (χ4n) is 3.37. The van der Waals surface area contributed by atoms with Gasteiger partial charge in [-0.15, -0.1) is 0 Å². The maximum absolute atomic E-state index is 5.79. The van der Waals surface area contributed by atoms with Crippen LogP contribution < -0.4 is 15.4 Å². The third kappa shape index (κ3) is 4.44. The monoisotopic (exact) mass is 347 g/mol. The lowest BCUT2D eigenvalue weighted by molar-refractivity contribution is -0.0828. The molecule has 0 bridgehead atoms. The molecule has 0 saturated carbocycles. The minimum absolute atomic E-state index is 0.205. The van der Waals surface area contributed by atoms with Crippen LogP contribution in [0, 0.1) is 0 Å². The Kier molecular flexibility index (Phi) is 6.15. The van der Waals surface area contributed by atoms with Crippen LogP contribution in [0.25, 0.3) is 0 Å². The molecule has 1 unspecified atom stereocenters. The van der Waals surface area contributed by atoms with Crippen molar-refractivity contribution in [2.24, 2.45) is 4.99 Å². The van der Waals surface area contributed by atoms with E-state index in [0.29, 0.717) is 13.2 Å². The van der Waals surface area contributed by atoms with Gasteiger partial charge in [-0.1, -0.05) is 18.2 Å². The van der Waals surface area contributed by atoms with Crippen molar-refractivity contribution in [3.63, 3.8) is 0 Å². The van der Waals surface area contributed by atoms with Crippen LogP contribution in [0.1, 0.15) is 37.8 Å². The van der Waals surface area contributed by atoms with Gasteiger partial charge in [-0.3, -0.25) is 4.99 Å². The summed E-state index contributed by atoms with van der Waals surface area (Å²) >= 11 is 0. The van der Waals surface area contributed by atoms with Gasteiger partial charge in [-0.05, 0) is 13.0 Å². The average Bonchev–Trinajstić information content (AvgIpc) is 2.67. The molecule has 1 fully saturated rings. The van der Waals surface area contributed by atoms with E-state index < -0.39 is 0 Å². The van der Waals surface area contributed by atoms with Crippen molar-refractivity contribution in [3.05, 3.63) is 29.8 Å². The average molecular weight is 347 g/mol. The van der Waals surface area contributed by atoms with Crippen molar-refractivity contribution in [1.82, 2.24) is 10.6 Å². The molecule has 2 aliphatic heterocycles. The Labute approximate surface area is 149 Å². The summed E-state index contributed by atoms with van der Waals surface area (Å²) in [6, 6.07) is 8.40. The van der Waals surface area contributed by atoms with Gasteiger partial charge in [0.25, 0.3) is 0 Å². The van der Waals surface area contributed by atoms with E-state index in [-0.39, 0.29) is 11.6 Å². The zero-order chi connectivity index (χ0) is 17.5. The quantitative estimate of drug-likeness (QED) is 0.632. The number of aliphatic imine (C=N–C) groups is 1. The van der Waals surface area contributed by atoms with E-state index in [4.69, 9.17) is 19.2 Å². The van der Waals surface area contributed by atoms with Gasteiger partial charge in [0.15, 0.2) is 5.96 Å². The summed E-state index contributed by atoms with van der Waals surface area (Å²) in [7, 11) is 1.77. The van der Waals surface area contributed by atoms with E-state index in [9.17, 15) is 0 Å². The molecule has 0 amide bonds. The van der Waals surface area contributed by atoms with E-state index >= 15 is 0 Å². The van der Waals surface area contributed by atoms with Crippen molar-refractivity contribution in [1.29, 1.82) is 0 Å². The second kappa shape index (κ2) is 8.54. The summed E-state index contributed by atoms with van der Waals surface area (Å²) in [6.45, 7) is 5.72. The Balaban J connectivity index is 1.71. The van der Waals surface area contributed by atoms with Crippen LogP contribution in [0.5, 0.6) is 5.75 Å². The number of hydrogen-bond donors (Lipinski definition) is 2. The predicted octanol–water partition coefficient (Wildman–Crippen LogP) is 2.26. The molecule has 6 heteroatoms. The minimum atomic E-state index is -0.214. The van der Waals surface area contributed by atoms with Gasteiger partial charge < -0.3 is 24.8 Å². The molecule has 0 aromatic heterocycles. The zero-order valence-corrected chi connectivity index (χ0v) is 15.2. The van der Waals surface area contributed by atoms with Crippen LogP contribution in [-0.2, 0) is 9.47 Å². The Morgan fingerprint density at radius 3 is 2.84 bits per heavy atom. The lowest BCUT2D eigenvalue weighted by atomic mass is 9.94. The SMILES string of the molecule is CCNC(=NCC1(OC)CCOCC1)NC1CCOc2ccccc21. The summed E-state index contributed by atoms with van der Waals surface area (Å²) in [5.74, 6) is 1.78. The van der Waals surface area contributed by atoms with E-state index in [2.05, 4.69) is 23.6 Å². The molecule has 0 spiro atoms. The standard InChI is InChI=1S/C19H29N3O3/c1-3-20-18(21-14-19(23-2)9-12-24-13-10-19)22-16-8-11-25-17-7-5-4-6-15(16)17/h4-7,16H,3,8-14H2,1-2H3,(H2,20,21,22). The summed E-state index contributed by atoms with van der Waals surface area (Å²) in [5.41, 5.74) is 0.973. The van der Waals surface area contributed by atoms with Crippen LogP contribution in [0.15, 0.2) is 29.3 Å². The van der Waals surface area contributed by atoms with Gasteiger partial charge in [-0.25, -0.2) is 0 Å². The maximum atomic E-state index is 5.79. The van der Waals surface area contributed by atoms with Gasteiger partial charge in [0.2, 0.25) is 0 Å². The number of ether oxygens (including phenoxy) is 3. The largest absolute Gasteiger partial charge is 0.493 e. The number of methoxy groups -OCH3 is 1. The Morgan fingerprint density at radius 1 is 1.28 bits per heavy atom. The summed E-state index contributed by atoms with van der Waals surface area (Å²) in [5, 5.41) is 6.92. The van der Waals surface area contributed by atoms with E-state index in [1.165, 1.54) is 5.56 Å². The van der Waals surface area contributed by atoms with Gasteiger partial charge in [0.1, 0.15) is 5.75 Å². The molecule has 25 heavy (non-hydrogen) atoms. The number of rotatable bonds is 5. The number of nitrogens with zero attached hydrogens (tertiary/aromatic N) is 1. The van der Waals surface area contributed by atoms with Crippen molar-refractivity contribution in [3.8, 4) is 5.75 Å². The molecule has 1 atom stereocenters. The first-order valence-electron chi connectivity index (χ1n) is 9.16. The summed E-state index contributed by atoms with van der Waals surface area (Å²) in [4.78, 5) is 4.82. The second-order valence-electron chi connectivity index (χ2n) is 6.57. The van der Waals surface area contributed by atoms with E-state index in [1.807, 2.05) is 18.2 Å². The number of fused-ring (bicyclic) bond motifs is 1. The molecule has 1 aromatic carbocycles. The Morgan fingerprint density at radius 2 is 2.08 bits per heavy atom. The molecule has 2 heterocycles. The normalized spacial score (nSPS) is 22.6. The molecule has 1 aromatic rings.